The molecule has 1 heterocycles. The molecule has 0 spiro atoms. The molecule has 2 aromatic rings. The summed E-state index contributed by atoms with van der Waals surface area (Å²) in [6.07, 6.45) is 9.91. The number of carbonyl (C=O) groups excluding carboxylic acids is 1. The molecule has 4 bridgehead atoms. The zero-order chi connectivity index (χ0) is 21.6. The number of hydrogen-bond acceptors (Lipinski definition) is 2. The Morgan fingerprint density at radius 2 is 1.71 bits per heavy atom. The molecule has 4 nitrogen and oxygen atoms in total. The second-order valence-corrected chi connectivity index (χ2v) is 10.8. The molecular formula is C27H37N3O. The number of amides is 1. The lowest BCUT2D eigenvalue weighted by molar-refractivity contribution is 0.0896. The fraction of sp³-hybridized carbons (Fsp3) is 0.630. The lowest BCUT2D eigenvalue weighted by Crippen LogP contribution is -2.42. The quantitative estimate of drug-likeness (QED) is 0.549. The van der Waals surface area contributed by atoms with Crippen LogP contribution < -0.4 is 5.32 Å². The standard InChI is InChI=1S/C27H37N3O/c1-4-5-9-12-30-25(26(31)28-27(2,3)22-10-7-6-8-11-22)23-20-14-18-13-19(15-20)17-21(16-18)24(23)29-30/h6-8,10-11,18-21H,4-5,9,12-17H2,1-3H3,(H,28,31). The molecule has 1 aromatic carbocycles. The molecular weight excluding hydrogens is 382 g/mol. The fourth-order valence-corrected chi connectivity index (χ4v) is 6.69. The van der Waals surface area contributed by atoms with Gasteiger partial charge in [-0.15, -0.1) is 0 Å². The van der Waals surface area contributed by atoms with Gasteiger partial charge in [0, 0.05) is 18.0 Å². The molecule has 1 amide bonds. The average Bonchev–Trinajstić information content (AvgIpc) is 3.05. The Bertz CT molecular complexity index is 931. The van der Waals surface area contributed by atoms with Crippen LogP contribution in [-0.2, 0) is 12.1 Å². The van der Waals surface area contributed by atoms with E-state index in [1.807, 2.05) is 18.2 Å². The van der Waals surface area contributed by atoms with Gasteiger partial charge in [0.05, 0.1) is 11.2 Å². The molecule has 4 heteroatoms. The minimum atomic E-state index is -0.425. The van der Waals surface area contributed by atoms with Gasteiger partial charge in [-0.2, -0.15) is 5.10 Å². The summed E-state index contributed by atoms with van der Waals surface area (Å²) < 4.78 is 2.08. The Morgan fingerprint density at radius 1 is 1.03 bits per heavy atom. The SMILES string of the molecule is CCCCCn1nc2c(c1C(=O)NC(C)(C)c1ccccc1)C1CC3CC(CC2C3)C1. The Morgan fingerprint density at radius 3 is 2.39 bits per heavy atom. The van der Waals surface area contributed by atoms with Crippen molar-refractivity contribution in [2.24, 2.45) is 11.8 Å². The number of benzene rings is 1. The smallest absolute Gasteiger partial charge is 0.270 e. The molecule has 1 aromatic heterocycles. The van der Waals surface area contributed by atoms with Crippen LogP contribution in [0.2, 0.25) is 0 Å². The van der Waals surface area contributed by atoms with E-state index >= 15 is 0 Å². The fourth-order valence-electron chi connectivity index (χ4n) is 6.69. The Labute approximate surface area is 186 Å². The van der Waals surface area contributed by atoms with Gasteiger partial charge in [0.15, 0.2) is 0 Å². The van der Waals surface area contributed by atoms with Crippen LogP contribution in [0, 0.1) is 11.8 Å². The van der Waals surface area contributed by atoms with Gasteiger partial charge in [0.2, 0.25) is 0 Å². The van der Waals surface area contributed by atoms with Crippen molar-refractivity contribution in [3.8, 4) is 0 Å². The second-order valence-electron chi connectivity index (χ2n) is 10.8. The number of aromatic nitrogens is 2. The Kier molecular flexibility index (Phi) is 5.44. The molecule has 31 heavy (non-hydrogen) atoms. The molecule has 2 atom stereocenters. The first-order valence-corrected chi connectivity index (χ1v) is 12.4. The van der Waals surface area contributed by atoms with Crippen molar-refractivity contribution >= 4 is 5.91 Å². The molecule has 0 aliphatic heterocycles. The van der Waals surface area contributed by atoms with Gasteiger partial charge in [0.1, 0.15) is 5.69 Å². The Hall–Kier alpha value is -2.10. The highest BCUT2D eigenvalue weighted by atomic mass is 16.2. The first kappa shape index (κ1) is 20.8. The van der Waals surface area contributed by atoms with Gasteiger partial charge in [-0.25, -0.2) is 0 Å². The van der Waals surface area contributed by atoms with Crippen LogP contribution in [0.3, 0.4) is 0 Å². The lowest BCUT2D eigenvalue weighted by atomic mass is 9.67. The van der Waals surface area contributed by atoms with E-state index in [1.54, 1.807) is 0 Å². The van der Waals surface area contributed by atoms with Crippen molar-refractivity contribution in [2.75, 3.05) is 0 Å². The zero-order valence-electron chi connectivity index (χ0n) is 19.4. The van der Waals surface area contributed by atoms with Gasteiger partial charge in [-0.3, -0.25) is 9.48 Å². The van der Waals surface area contributed by atoms with Crippen molar-refractivity contribution < 1.29 is 4.79 Å². The molecule has 2 unspecified atom stereocenters. The molecule has 6 rings (SSSR count). The van der Waals surface area contributed by atoms with Crippen molar-refractivity contribution in [1.29, 1.82) is 0 Å². The predicted molar refractivity (Wildman–Crippen MR) is 124 cm³/mol. The minimum Gasteiger partial charge on any atom is -0.342 e. The average molecular weight is 420 g/mol. The summed E-state index contributed by atoms with van der Waals surface area (Å²) >= 11 is 0. The summed E-state index contributed by atoms with van der Waals surface area (Å²) in [5.74, 6) is 2.81. The van der Waals surface area contributed by atoms with E-state index in [0.29, 0.717) is 11.8 Å². The predicted octanol–water partition coefficient (Wildman–Crippen LogP) is 6.13. The van der Waals surface area contributed by atoms with Crippen LogP contribution in [0.4, 0.5) is 0 Å². The highest BCUT2D eigenvalue weighted by molar-refractivity contribution is 5.95. The molecule has 2 fully saturated rings. The van der Waals surface area contributed by atoms with Crippen molar-refractivity contribution in [3.63, 3.8) is 0 Å². The maximum atomic E-state index is 13.8. The third kappa shape index (κ3) is 3.83. The summed E-state index contributed by atoms with van der Waals surface area (Å²) in [5, 5.41) is 8.54. The number of unbranched alkanes of at least 4 members (excludes halogenated alkanes) is 2. The third-order valence-corrected chi connectivity index (χ3v) is 8.06. The number of hydrogen-bond donors (Lipinski definition) is 1. The first-order chi connectivity index (χ1) is 15.0. The molecule has 0 saturated heterocycles. The van der Waals surface area contributed by atoms with E-state index < -0.39 is 5.54 Å². The highest BCUT2D eigenvalue weighted by Crippen LogP contribution is 2.56. The summed E-state index contributed by atoms with van der Waals surface area (Å²) in [4.78, 5) is 13.8. The van der Waals surface area contributed by atoms with Crippen LogP contribution >= 0.6 is 0 Å². The molecule has 1 N–H and O–H groups in total. The van der Waals surface area contributed by atoms with Crippen molar-refractivity contribution in [2.45, 2.75) is 96.1 Å². The first-order valence-electron chi connectivity index (χ1n) is 12.4. The monoisotopic (exact) mass is 419 g/mol. The van der Waals surface area contributed by atoms with Gasteiger partial charge < -0.3 is 5.32 Å². The number of carbonyl (C=O) groups is 1. The summed E-state index contributed by atoms with van der Waals surface area (Å²) in [6.45, 7) is 7.28. The van der Waals surface area contributed by atoms with E-state index in [9.17, 15) is 4.79 Å². The third-order valence-electron chi connectivity index (χ3n) is 8.06. The maximum Gasteiger partial charge on any atom is 0.270 e. The largest absolute Gasteiger partial charge is 0.342 e. The van der Waals surface area contributed by atoms with E-state index in [-0.39, 0.29) is 5.91 Å². The van der Waals surface area contributed by atoms with E-state index in [0.717, 1.165) is 36.1 Å². The highest BCUT2D eigenvalue weighted by Gasteiger charge is 2.46. The summed E-state index contributed by atoms with van der Waals surface area (Å²) in [6, 6.07) is 10.3. The topological polar surface area (TPSA) is 46.9 Å². The zero-order valence-corrected chi connectivity index (χ0v) is 19.4. The van der Waals surface area contributed by atoms with Crippen LogP contribution in [-0.4, -0.2) is 15.7 Å². The summed E-state index contributed by atoms with van der Waals surface area (Å²) in [5.41, 5.74) is 4.16. The molecule has 2 saturated carbocycles. The van der Waals surface area contributed by atoms with Crippen molar-refractivity contribution in [3.05, 3.63) is 52.8 Å². The maximum absolute atomic E-state index is 13.8. The number of aryl methyl sites for hydroxylation is 1. The van der Waals surface area contributed by atoms with Gasteiger partial charge in [-0.1, -0.05) is 50.1 Å². The molecule has 4 aliphatic carbocycles. The van der Waals surface area contributed by atoms with Gasteiger partial charge in [-0.05, 0) is 75.7 Å². The van der Waals surface area contributed by atoms with Crippen LogP contribution in [0.1, 0.15) is 111 Å². The molecule has 0 radical (unpaired) electrons. The van der Waals surface area contributed by atoms with Crippen LogP contribution in [0.25, 0.3) is 0 Å². The van der Waals surface area contributed by atoms with E-state index in [4.69, 9.17) is 5.10 Å². The van der Waals surface area contributed by atoms with Crippen molar-refractivity contribution in [1.82, 2.24) is 15.1 Å². The van der Waals surface area contributed by atoms with Crippen LogP contribution in [0.15, 0.2) is 30.3 Å². The Balaban J connectivity index is 1.51. The normalized spacial score (nSPS) is 26.5. The lowest BCUT2D eigenvalue weighted by Gasteiger charge is -2.38. The van der Waals surface area contributed by atoms with E-state index in [1.165, 1.54) is 56.2 Å². The van der Waals surface area contributed by atoms with E-state index in [2.05, 4.69) is 42.9 Å². The minimum absolute atomic E-state index is 0.0559. The van der Waals surface area contributed by atoms with Gasteiger partial charge in [0.25, 0.3) is 5.91 Å². The molecule has 166 valence electrons. The second kappa shape index (κ2) is 8.11. The summed E-state index contributed by atoms with van der Waals surface area (Å²) in [7, 11) is 0. The van der Waals surface area contributed by atoms with Gasteiger partial charge >= 0.3 is 0 Å². The number of nitrogens with zero attached hydrogens (tertiary/aromatic N) is 2. The number of rotatable bonds is 7. The number of nitrogens with one attached hydrogen (secondary N) is 1. The molecule has 4 aliphatic rings. The van der Waals surface area contributed by atoms with Crippen LogP contribution in [0.5, 0.6) is 0 Å².